The van der Waals surface area contributed by atoms with Gasteiger partial charge in [-0.15, -0.1) is 5.10 Å². The molecule has 0 atom stereocenters. The molecule has 7 heteroatoms. The van der Waals surface area contributed by atoms with Gasteiger partial charge in [-0.3, -0.25) is 0 Å². The van der Waals surface area contributed by atoms with Gasteiger partial charge in [0.1, 0.15) is 5.75 Å². The second-order valence-corrected chi connectivity index (χ2v) is 6.72. The number of hydrogen-bond donors (Lipinski definition) is 2. The maximum atomic E-state index is 5.90. The number of ether oxygens (including phenoxy) is 1. The van der Waals surface area contributed by atoms with E-state index in [-0.39, 0.29) is 6.10 Å². The van der Waals surface area contributed by atoms with Crippen LogP contribution in [-0.4, -0.2) is 27.8 Å². The summed E-state index contributed by atoms with van der Waals surface area (Å²) in [7, 11) is 0. The molecule has 140 valence electrons. The van der Waals surface area contributed by atoms with Crippen LogP contribution in [0.5, 0.6) is 5.75 Å². The summed E-state index contributed by atoms with van der Waals surface area (Å²) < 4.78 is 5.64. The molecular formula is C20H22ClN5O. The number of benzene rings is 2. The first-order valence-corrected chi connectivity index (χ1v) is 9.18. The Morgan fingerprint density at radius 3 is 2.48 bits per heavy atom. The molecule has 0 amide bonds. The SMILES string of the molecule is CC(C)Oc1ccc(Nc2nncc(NCCc3ccc(Cl)cc3)n2)cc1. The van der Waals surface area contributed by atoms with Crippen molar-refractivity contribution in [3.63, 3.8) is 0 Å². The minimum atomic E-state index is 0.145. The predicted octanol–water partition coefficient (Wildman–Crippen LogP) is 4.71. The minimum absolute atomic E-state index is 0.145. The van der Waals surface area contributed by atoms with Crippen LogP contribution in [0.3, 0.4) is 0 Å². The molecule has 2 N–H and O–H groups in total. The number of nitrogens with one attached hydrogen (secondary N) is 2. The van der Waals surface area contributed by atoms with E-state index < -0.39 is 0 Å². The van der Waals surface area contributed by atoms with Crippen molar-refractivity contribution in [2.24, 2.45) is 0 Å². The van der Waals surface area contributed by atoms with Crippen molar-refractivity contribution in [3.8, 4) is 5.75 Å². The highest BCUT2D eigenvalue weighted by atomic mass is 35.5. The summed E-state index contributed by atoms with van der Waals surface area (Å²) in [5.41, 5.74) is 2.07. The largest absolute Gasteiger partial charge is 0.491 e. The molecule has 0 saturated heterocycles. The summed E-state index contributed by atoms with van der Waals surface area (Å²) in [4.78, 5) is 4.44. The van der Waals surface area contributed by atoms with E-state index in [0.717, 1.165) is 29.4 Å². The van der Waals surface area contributed by atoms with Crippen molar-refractivity contribution in [3.05, 3.63) is 65.3 Å². The fourth-order valence-electron chi connectivity index (χ4n) is 2.45. The molecule has 0 aliphatic rings. The minimum Gasteiger partial charge on any atom is -0.491 e. The van der Waals surface area contributed by atoms with Gasteiger partial charge in [0.2, 0.25) is 5.95 Å². The second kappa shape index (κ2) is 9.19. The monoisotopic (exact) mass is 383 g/mol. The lowest BCUT2D eigenvalue weighted by molar-refractivity contribution is 0.242. The van der Waals surface area contributed by atoms with Crippen LogP contribution in [0, 0.1) is 0 Å². The Morgan fingerprint density at radius 2 is 1.78 bits per heavy atom. The van der Waals surface area contributed by atoms with Crippen molar-refractivity contribution < 1.29 is 4.74 Å². The van der Waals surface area contributed by atoms with Gasteiger partial charge in [0.25, 0.3) is 0 Å². The van der Waals surface area contributed by atoms with Gasteiger partial charge in [0.05, 0.1) is 12.3 Å². The Hall–Kier alpha value is -2.86. The van der Waals surface area contributed by atoms with Crippen LogP contribution in [0.25, 0.3) is 0 Å². The zero-order valence-electron chi connectivity index (χ0n) is 15.3. The second-order valence-electron chi connectivity index (χ2n) is 6.28. The molecule has 1 heterocycles. The molecule has 2 aromatic carbocycles. The van der Waals surface area contributed by atoms with Gasteiger partial charge in [0.15, 0.2) is 5.82 Å². The summed E-state index contributed by atoms with van der Waals surface area (Å²) in [6.07, 6.45) is 2.61. The molecule has 3 rings (SSSR count). The topological polar surface area (TPSA) is 72.0 Å². The van der Waals surface area contributed by atoms with Crippen LogP contribution in [0.1, 0.15) is 19.4 Å². The summed E-state index contributed by atoms with van der Waals surface area (Å²) in [5, 5.41) is 15.2. The van der Waals surface area contributed by atoms with Gasteiger partial charge in [-0.1, -0.05) is 23.7 Å². The van der Waals surface area contributed by atoms with Crippen LogP contribution in [0.15, 0.2) is 54.7 Å². The number of halogens is 1. The normalized spacial score (nSPS) is 10.7. The standard InChI is InChI=1S/C20H22ClN5O/c1-14(2)27-18-9-7-17(8-10-18)24-20-25-19(13-23-26-20)22-12-11-15-3-5-16(21)6-4-15/h3-10,13-14H,11-12H2,1-2H3,(H2,22,24,25,26). The van der Waals surface area contributed by atoms with E-state index in [0.29, 0.717) is 11.8 Å². The van der Waals surface area contributed by atoms with Gasteiger partial charge in [-0.05, 0) is 62.2 Å². The van der Waals surface area contributed by atoms with Crippen LogP contribution >= 0.6 is 11.6 Å². The first-order valence-electron chi connectivity index (χ1n) is 8.80. The van der Waals surface area contributed by atoms with Gasteiger partial charge < -0.3 is 15.4 Å². The van der Waals surface area contributed by atoms with Crippen LogP contribution in [0.4, 0.5) is 17.5 Å². The third kappa shape index (κ3) is 6.11. The Labute approximate surface area is 164 Å². The van der Waals surface area contributed by atoms with Crippen molar-refractivity contribution in [1.82, 2.24) is 15.2 Å². The fourth-order valence-corrected chi connectivity index (χ4v) is 2.57. The molecule has 27 heavy (non-hydrogen) atoms. The zero-order valence-corrected chi connectivity index (χ0v) is 16.1. The smallest absolute Gasteiger partial charge is 0.249 e. The molecule has 0 fully saturated rings. The van der Waals surface area contributed by atoms with Gasteiger partial charge in [-0.2, -0.15) is 10.1 Å². The third-order valence-corrected chi connectivity index (χ3v) is 3.93. The lowest BCUT2D eigenvalue weighted by atomic mass is 10.1. The van der Waals surface area contributed by atoms with Gasteiger partial charge in [0, 0.05) is 17.3 Å². The lowest BCUT2D eigenvalue weighted by Gasteiger charge is -2.11. The van der Waals surface area contributed by atoms with E-state index in [4.69, 9.17) is 16.3 Å². The maximum Gasteiger partial charge on any atom is 0.249 e. The Kier molecular flexibility index (Phi) is 6.44. The van der Waals surface area contributed by atoms with E-state index in [9.17, 15) is 0 Å². The molecule has 6 nitrogen and oxygen atoms in total. The summed E-state index contributed by atoms with van der Waals surface area (Å²) in [6, 6.07) is 15.5. The van der Waals surface area contributed by atoms with E-state index >= 15 is 0 Å². The zero-order chi connectivity index (χ0) is 19.1. The summed E-state index contributed by atoms with van der Waals surface area (Å²) in [6.45, 7) is 4.73. The predicted molar refractivity (Wildman–Crippen MR) is 109 cm³/mol. The molecule has 1 aromatic heterocycles. The van der Waals surface area contributed by atoms with E-state index in [1.54, 1.807) is 6.20 Å². The highest BCUT2D eigenvalue weighted by Gasteiger charge is 2.03. The first-order chi connectivity index (χ1) is 13.1. The Balaban J connectivity index is 1.54. The maximum absolute atomic E-state index is 5.90. The van der Waals surface area contributed by atoms with Crippen LogP contribution in [-0.2, 0) is 6.42 Å². The highest BCUT2D eigenvalue weighted by molar-refractivity contribution is 6.30. The molecule has 0 aliphatic heterocycles. The molecule has 0 saturated carbocycles. The number of rotatable bonds is 8. The fraction of sp³-hybridized carbons (Fsp3) is 0.250. The van der Waals surface area contributed by atoms with E-state index in [1.165, 1.54) is 5.56 Å². The van der Waals surface area contributed by atoms with Crippen molar-refractivity contribution >= 4 is 29.1 Å². The van der Waals surface area contributed by atoms with Gasteiger partial charge >= 0.3 is 0 Å². The molecular weight excluding hydrogens is 362 g/mol. The van der Waals surface area contributed by atoms with Crippen LogP contribution in [0.2, 0.25) is 5.02 Å². The van der Waals surface area contributed by atoms with Crippen LogP contribution < -0.4 is 15.4 Å². The van der Waals surface area contributed by atoms with Crippen molar-refractivity contribution in [2.75, 3.05) is 17.2 Å². The number of anilines is 3. The molecule has 0 unspecified atom stereocenters. The van der Waals surface area contributed by atoms with Crippen molar-refractivity contribution in [1.29, 1.82) is 0 Å². The highest BCUT2D eigenvalue weighted by Crippen LogP contribution is 2.19. The summed E-state index contributed by atoms with van der Waals surface area (Å²) >= 11 is 5.90. The first kappa shape index (κ1) is 18.9. The van der Waals surface area contributed by atoms with E-state index in [2.05, 4.69) is 25.8 Å². The third-order valence-electron chi connectivity index (χ3n) is 3.67. The number of hydrogen-bond acceptors (Lipinski definition) is 6. The molecule has 0 spiro atoms. The average Bonchev–Trinajstić information content (AvgIpc) is 2.65. The number of nitrogens with zero attached hydrogens (tertiary/aromatic N) is 3. The average molecular weight is 384 g/mol. The number of aromatic nitrogens is 3. The van der Waals surface area contributed by atoms with E-state index in [1.807, 2.05) is 62.4 Å². The Morgan fingerprint density at radius 1 is 1.04 bits per heavy atom. The molecule has 3 aromatic rings. The molecule has 0 radical (unpaired) electrons. The molecule has 0 bridgehead atoms. The Bertz CT molecular complexity index is 853. The quantitative estimate of drug-likeness (QED) is 0.587. The lowest BCUT2D eigenvalue weighted by Crippen LogP contribution is -2.09. The van der Waals surface area contributed by atoms with Crippen molar-refractivity contribution in [2.45, 2.75) is 26.4 Å². The van der Waals surface area contributed by atoms with Gasteiger partial charge in [-0.25, -0.2) is 0 Å². The molecule has 0 aliphatic carbocycles. The summed E-state index contributed by atoms with van der Waals surface area (Å²) in [5.74, 6) is 1.93.